The van der Waals surface area contributed by atoms with Gasteiger partial charge >= 0.3 is 0 Å². The molecule has 2 aromatic carbocycles. The molecule has 0 bridgehead atoms. The topological polar surface area (TPSA) is 70.2 Å². The first-order chi connectivity index (χ1) is 13.7. The van der Waals surface area contributed by atoms with Crippen LogP contribution in [0, 0.1) is 5.92 Å². The number of anilines is 1. The van der Waals surface area contributed by atoms with E-state index in [-0.39, 0.29) is 17.7 Å². The van der Waals surface area contributed by atoms with Crippen molar-refractivity contribution in [2.45, 2.75) is 51.7 Å². The van der Waals surface area contributed by atoms with E-state index >= 15 is 0 Å². The molecule has 1 saturated carbocycles. The van der Waals surface area contributed by atoms with Gasteiger partial charge in [0.15, 0.2) is 0 Å². The molecule has 28 heavy (non-hydrogen) atoms. The Kier molecular flexibility index (Phi) is 5.72. The molecule has 1 aliphatic carbocycles. The number of fused-ring (bicyclic) bond motifs is 1. The number of hydrogen-bond donors (Lipinski definition) is 3. The summed E-state index contributed by atoms with van der Waals surface area (Å²) in [5.41, 5.74) is 4.98. The predicted molar refractivity (Wildman–Crippen MR) is 110 cm³/mol. The Hall–Kier alpha value is -2.66. The van der Waals surface area contributed by atoms with Crippen LogP contribution in [0.5, 0.6) is 0 Å². The van der Waals surface area contributed by atoms with Gasteiger partial charge in [-0.2, -0.15) is 0 Å². The SMILES string of the molecule is O=C(NCc1ccc2c(c1)CNC2)c1cccc(NC(=O)C2CCCCC2)c1. The lowest BCUT2D eigenvalue weighted by Gasteiger charge is -2.20. The molecule has 3 N–H and O–H groups in total. The fourth-order valence-corrected chi connectivity index (χ4v) is 4.09. The molecule has 5 heteroatoms. The van der Waals surface area contributed by atoms with Crippen molar-refractivity contribution in [3.8, 4) is 0 Å². The minimum absolute atomic E-state index is 0.0732. The molecular weight excluding hydrogens is 350 g/mol. The van der Waals surface area contributed by atoms with Crippen LogP contribution < -0.4 is 16.0 Å². The summed E-state index contributed by atoms with van der Waals surface area (Å²) in [6, 6.07) is 13.5. The summed E-state index contributed by atoms with van der Waals surface area (Å²) in [4.78, 5) is 25.0. The highest BCUT2D eigenvalue weighted by molar-refractivity contribution is 5.97. The van der Waals surface area contributed by atoms with Crippen LogP contribution in [0.25, 0.3) is 0 Å². The Bertz CT molecular complexity index is 872. The highest BCUT2D eigenvalue weighted by atomic mass is 16.2. The molecule has 2 aromatic rings. The molecule has 2 aliphatic rings. The number of rotatable bonds is 5. The molecule has 0 aromatic heterocycles. The fraction of sp³-hybridized carbons (Fsp3) is 0.391. The van der Waals surface area contributed by atoms with Gasteiger partial charge in [0.05, 0.1) is 0 Å². The van der Waals surface area contributed by atoms with Crippen molar-refractivity contribution in [3.63, 3.8) is 0 Å². The summed E-state index contributed by atoms with van der Waals surface area (Å²) in [5.74, 6) is 0.0388. The van der Waals surface area contributed by atoms with E-state index in [9.17, 15) is 9.59 Å². The largest absolute Gasteiger partial charge is 0.348 e. The van der Waals surface area contributed by atoms with Gasteiger partial charge in [0.25, 0.3) is 5.91 Å². The lowest BCUT2D eigenvalue weighted by molar-refractivity contribution is -0.120. The number of nitrogens with one attached hydrogen (secondary N) is 3. The van der Waals surface area contributed by atoms with Crippen LogP contribution in [-0.4, -0.2) is 11.8 Å². The standard InChI is InChI=1S/C23H27N3O2/c27-22(25-13-16-9-10-19-14-24-15-20(19)11-16)18-7-4-8-21(12-18)26-23(28)17-5-2-1-3-6-17/h4,7-12,17,24H,1-3,5-6,13-15H2,(H,25,27)(H,26,28). The van der Waals surface area contributed by atoms with Gasteiger partial charge in [-0.15, -0.1) is 0 Å². The third-order valence-electron chi connectivity index (χ3n) is 5.72. The van der Waals surface area contributed by atoms with Crippen LogP contribution in [0.3, 0.4) is 0 Å². The van der Waals surface area contributed by atoms with Gasteiger partial charge in [0.2, 0.25) is 5.91 Å². The second kappa shape index (κ2) is 8.57. The Morgan fingerprint density at radius 3 is 2.64 bits per heavy atom. The Morgan fingerprint density at radius 2 is 1.79 bits per heavy atom. The summed E-state index contributed by atoms with van der Waals surface area (Å²) >= 11 is 0. The predicted octanol–water partition coefficient (Wildman–Crippen LogP) is 3.74. The third-order valence-corrected chi connectivity index (χ3v) is 5.72. The van der Waals surface area contributed by atoms with E-state index in [2.05, 4.69) is 34.1 Å². The minimum Gasteiger partial charge on any atom is -0.348 e. The van der Waals surface area contributed by atoms with Gasteiger partial charge in [-0.05, 0) is 47.7 Å². The van der Waals surface area contributed by atoms with Gasteiger partial charge in [0, 0.05) is 36.8 Å². The van der Waals surface area contributed by atoms with Crippen LogP contribution in [0.1, 0.15) is 59.2 Å². The normalized spacial score (nSPS) is 16.4. The zero-order valence-electron chi connectivity index (χ0n) is 16.1. The molecule has 2 amide bonds. The van der Waals surface area contributed by atoms with Crippen molar-refractivity contribution in [3.05, 3.63) is 64.7 Å². The highest BCUT2D eigenvalue weighted by Gasteiger charge is 2.21. The minimum atomic E-state index is -0.132. The summed E-state index contributed by atoms with van der Waals surface area (Å²) in [6.45, 7) is 2.30. The third kappa shape index (κ3) is 4.42. The lowest BCUT2D eigenvalue weighted by Crippen LogP contribution is -2.25. The lowest BCUT2D eigenvalue weighted by atomic mass is 9.88. The van der Waals surface area contributed by atoms with Crippen LogP contribution in [-0.2, 0) is 24.4 Å². The van der Waals surface area contributed by atoms with E-state index in [1.165, 1.54) is 17.5 Å². The van der Waals surface area contributed by atoms with E-state index in [1.54, 1.807) is 12.1 Å². The van der Waals surface area contributed by atoms with Crippen LogP contribution in [0.2, 0.25) is 0 Å². The Morgan fingerprint density at radius 1 is 0.964 bits per heavy atom. The number of hydrogen-bond acceptors (Lipinski definition) is 3. The summed E-state index contributed by atoms with van der Waals surface area (Å²) in [6.07, 6.45) is 5.39. The zero-order chi connectivity index (χ0) is 19.3. The summed E-state index contributed by atoms with van der Waals surface area (Å²) in [7, 11) is 0. The van der Waals surface area contributed by atoms with E-state index in [0.717, 1.165) is 44.3 Å². The first-order valence-electron chi connectivity index (χ1n) is 10.2. The molecule has 5 nitrogen and oxygen atoms in total. The molecular formula is C23H27N3O2. The molecule has 0 unspecified atom stereocenters. The maximum absolute atomic E-state index is 12.6. The van der Waals surface area contributed by atoms with Crippen LogP contribution in [0.4, 0.5) is 5.69 Å². The average molecular weight is 377 g/mol. The van der Waals surface area contributed by atoms with Gasteiger partial charge < -0.3 is 16.0 Å². The molecule has 146 valence electrons. The van der Waals surface area contributed by atoms with E-state index in [1.807, 2.05) is 12.1 Å². The van der Waals surface area contributed by atoms with Gasteiger partial charge in [-0.1, -0.05) is 43.5 Å². The van der Waals surface area contributed by atoms with E-state index in [0.29, 0.717) is 17.8 Å². The zero-order valence-corrected chi connectivity index (χ0v) is 16.1. The van der Waals surface area contributed by atoms with Gasteiger partial charge in [-0.25, -0.2) is 0 Å². The number of benzene rings is 2. The van der Waals surface area contributed by atoms with Gasteiger partial charge in [-0.3, -0.25) is 9.59 Å². The number of carbonyl (C=O) groups excluding carboxylic acids is 2. The molecule has 0 saturated heterocycles. The van der Waals surface area contributed by atoms with Crippen molar-refractivity contribution < 1.29 is 9.59 Å². The maximum Gasteiger partial charge on any atom is 0.251 e. The van der Waals surface area contributed by atoms with Crippen molar-refractivity contribution in [1.29, 1.82) is 0 Å². The Labute approximate surface area is 165 Å². The monoisotopic (exact) mass is 377 g/mol. The van der Waals surface area contributed by atoms with Crippen LogP contribution in [0.15, 0.2) is 42.5 Å². The molecule has 0 spiro atoms. The van der Waals surface area contributed by atoms with E-state index in [4.69, 9.17) is 0 Å². The second-order valence-corrected chi connectivity index (χ2v) is 7.79. The number of carbonyl (C=O) groups is 2. The van der Waals surface area contributed by atoms with E-state index < -0.39 is 0 Å². The molecule has 4 rings (SSSR count). The van der Waals surface area contributed by atoms with Gasteiger partial charge in [0.1, 0.15) is 0 Å². The molecule has 0 atom stereocenters. The first-order valence-corrected chi connectivity index (χ1v) is 10.2. The molecule has 1 heterocycles. The maximum atomic E-state index is 12.6. The summed E-state index contributed by atoms with van der Waals surface area (Å²) < 4.78 is 0. The summed E-state index contributed by atoms with van der Waals surface area (Å²) in [5, 5.41) is 9.29. The fourth-order valence-electron chi connectivity index (χ4n) is 4.09. The quantitative estimate of drug-likeness (QED) is 0.743. The number of amides is 2. The molecule has 1 aliphatic heterocycles. The van der Waals surface area contributed by atoms with Crippen molar-refractivity contribution in [2.75, 3.05) is 5.32 Å². The van der Waals surface area contributed by atoms with Crippen molar-refractivity contribution in [1.82, 2.24) is 10.6 Å². The first kappa shape index (κ1) is 18.7. The average Bonchev–Trinajstić information content (AvgIpc) is 3.20. The van der Waals surface area contributed by atoms with Crippen molar-refractivity contribution in [2.24, 2.45) is 5.92 Å². The smallest absolute Gasteiger partial charge is 0.251 e. The molecule has 0 radical (unpaired) electrons. The van der Waals surface area contributed by atoms with Crippen molar-refractivity contribution >= 4 is 17.5 Å². The van der Waals surface area contributed by atoms with Crippen LogP contribution >= 0.6 is 0 Å². The highest BCUT2D eigenvalue weighted by Crippen LogP contribution is 2.25. The Balaban J connectivity index is 1.35. The second-order valence-electron chi connectivity index (χ2n) is 7.79. The molecule has 1 fully saturated rings.